The van der Waals surface area contributed by atoms with Gasteiger partial charge in [-0.2, -0.15) is 0 Å². The maximum atomic E-state index is 12.5. The Balaban J connectivity index is 1.56. The predicted octanol–water partition coefficient (Wildman–Crippen LogP) is 6.03. The number of anilines is 1. The number of nitrogens with zero attached hydrogens (tertiary/aromatic N) is 1. The molecule has 0 spiro atoms. The minimum atomic E-state index is -0.490. The van der Waals surface area contributed by atoms with Crippen molar-refractivity contribution >= 4 is 17.3 Å². The van der Waals surface area contributed by atoms with Gasteiger partial charge in [-0.15, -0.1) is 0 Å². The van der Waals surface area contributed by atoms with Gasteiger partial charge in [-0.1, -0.05) is 72.8 Å². The summed E-state index contributed by atoms with van der Waals surface area (Å²) in [5.74, 6) is -0.229. The van der Waals surface area contributed by atoms with Crippen LogP contribution in [0, 0.1) is 10.1 Å². The van der Waals surface area contributed by atoms with Crippen molar-refractivity contribution in [2.24, 2.45) is 0 Å². The van der Waals surface area contributed by atoms with E-state index in [1.807, 2.05) is 60.7 Å². The van der Waals surface area contributed by atoms with Crippen LogP contribution in [0.5, 0.6) is 0 Å². The predicted molar refractivity (Wildman–Crippen MR) is 121 cm³/mol. The molecule has 152 valence electrons. The molecule has 0 fully saturated rings. The standard InChI is InChI=1S/C26H20N2O3/c29-26(22-13-17-24(18-14-22)28(30)31)27-23-15-11-21(12-16-23)25(19-7-3-1-4-8-19)20-9-5-2-6-10-20/h1-18,25H,(H,27,29). The van der Waals surface area contributed by atoms with E-state index in [1.54, 1.807) is 0 Å². The minimum absolute atomic E-state index is 0.0474. The Morgan fingerprint density at radius 1 is 0.677 bits per heavy atom. The highest BCUT2D eigenvalue weighted by molar-refractivity contribution is 6.04. The van der Waals surface area contributed by atoms with E-state index in [4.69, 9.17) is 0 Å². The van der Waals surface area contributed by atoms with Crippen LogP contribution in [0.3, 0.4) is 0 Å². The topological polar surface area (TPSA) is 72.2 Å². The van der Waals surface area contributed by atoms with Crippen molar-refractivity contribution in [3.8, 4) is 0 Å². The zero-order valence-corrected chi connectivity index (χ0v) is 16.6. The van der Waals surface area contributed by atoms with E-state index < -0.39 is 4.92 Å². The Bertz CT molecular complexity index is 1130. The number of hydrogen-bond acceptors (Lipinski definition) is 3. The summed E-state index contributed by atoms with van der Waals surface area (Å²) in [6.45, 7) is 0. The number of rotatable bonds is 6. The molecule has 0 atom stereocenters. The normalized spacial score (nSPS) is 10.6. The zero-order chi connectivity index (χ0) is 21.6. The number of carbonyl (C=O) groups is 1. The maximum absolute atomic E-state index is 12.5. The molecule has 0 aliphatic heterocycles. The van der Waals surface area contributed by atoms with E-state index in [0.717, 1.165) is 5.56 Å². The quantitative estimate of drug-likeness (QED) is 0.241. The number of hydrogen-bond donors (Lipinski definition) is 1. The van der Waals surface area contributed by atoms with Crippen LogP contribution >= 0.6 is 0 Å². The summed E-state index contributed by atoms with van der Waals surface area (Å²) in [4.78, 5) is 22.8. The summed E-state index contributed by atoms with van der Waals surface area (Å²) in [6.07, 6.45) is 0. The van der Waals surface area contributed by atoms with Crippen LogP contribution in [0.2, 0.25) is 0 Å². The number of nitro groups is 1. The first-order valence-electron chi connectivity index (χ1n) is 9.87. The molecule has 0 bridgehead atoms. The van der Waals surface area contributed by atoms with Crippen molar-refractivity contribution in [1.82, 2.24) is 0 Å². The van der Waals surface area contributed by atoms with Gasteiger partial charge in [-0.3, -0.25) is 14.9 Å². The largest absolute Gasteiger partial charge is 0.322 e. The molecule has 4 aromatic rings. The molecule has 0 aromatic heterocycles. The molecule has 4 rings (SSSR count). The van der Waals surface area contributed by atoms with Gasteiger partial charge in [0, 0.05) is 29.3 Å². The second kappa shape index (κ2) is 9.05. The first-order chi connectivity index (χ1) is 15.1. The SMILES string of the molecule is O=C(Nc1ccc(C(c2ccccc2)c2ccccc2)cc1)c1ccc([N+](=O)[O-])cc1. The van der Waals surface area contributed by atoms with Crippen LogP contribution in [0.25, 0.3) is 0 Å². The lowest BCUT2D eigenvalue weighted by atomic mass is 9.85. The Hall–Kier alpha value is -4.25. The van der Waals surface area contributed by atoms with E-state index in [1.165, 1.54) is 35.4 Å². The van der Waals surface area contributed by atoms with Gasteiger partial charge in [0.25, 0.3) is 11.6 Å². The fourth-order valence-electron chi connectivity index (χ4n) is 3.57. The summed E-state index contributed by atoms with van der Waals surface area (Å²) in [7, 11) is 0. The third kappa shape index (κ3) is 4.67. The number of nitro benzene ring substituents is 1. The zero-order valence-electron chi connectivity index (χ0n) is 16.6. The maximum Gasteiger partial charge on any atom is 0.269 e. The molecule has 0 saturated carbocycles. The third-order valence-corrected chi connectivity index (χ3v) is 5.11. The van der Waals surface area contributed by atoms with Crippen molar-refractivity contribution in [1.29, 1.82) is 0 Å². The van der Waals surface area contributed by atoms with Gasteiger partial charge >= 0.3 is 0 Å². The fourth-order valence-corrected chi connectivity index (χ4v) is 3.57. The molecule has 0 aliphatic carbocycles. The number of amides is 1. The van der Waals surface area contributed by atoms with Crippen molar-refractivity contribution in [3.05, 3.63) is 142 Å². The summed E-state index contributed by atoms with van der Waals surface area (Å²) in [5, 5.41) is 13.6. The van der Waals surface area contributed by atoms with Crippen LogP contribution < -0.4 is 5.32 Å². The van der Waals surface area contributed by atoms with Gasteiger partial charge in [0.05, 0.1) is 4.92 Å². The Morgan fingerprint density at radius 2 is 1.16 bits per heavy atom. The lowest BCUT2D eigenvalue weighted by molar-refractivity contribution is -0.384. The van der Waals surface area contributed by atoms with Crippen molar-refractivity contribution in [3.63, 3.8) is 0 Å². The van der Waals surface area contributed by atoms with Crippen molar-refractivity contribution in [2.75, 3.05) is 5.32 Å². The van der Waals surface area contributed by atoms with Gasteiger partial charge in [0.1, 0.15) is 0 Å². The second-order valence-electron chi connectivity index (χ2n) is 7.13. The first kappa shape index (κ1) is 20.0. The van der Waals surface area contributed by atoms with Crippen molar-refractivity contribution < 1.29 is 9.72 Å². The first-order valence-corrected chi connectivity index (χ1v) is 9.87. The molecule has 4 aromatic carbocycles. The average molecular weight is 408 g/mol. The summed E-state index contributed by atoms with van der Waals surface area (Å²) in [6, 6.07) is 33.9. The molecule has 0 saturated heterocycles. The number of nitrogens with one attached hydrogen (secondary N) is 1. The van der Waals surface area contributed by atoms with Gasteiger partial charge in [-0.05, 0) is 41.0 Å². The average Bonchev–Trinajstić information content (AvgIpc) is 2.82. The van der Waals surface area contributed by atoms with E-state index in [-0.39, 0.29) is 17.5 Å². The van der Waals surface area contributed by atoms with Gasteiger partial charge in [-0.25, -0.2) is 0 Å². The number of carbonyl (C=O) groups excluding carboxylic acids is 1. The number of benzene rings is 4. The van der Waals surface area contributed by atoms with Crippen LogP contribution in [0.4, 0.5) is 11.4 Å². The van der Waals surface area contributed by atoms with E-state index in [9.17, 15) is 14.9 Å². The molecule has 5 nitrogen and oxygen atoms in total. The van der Waals surface area contributed by atoms with Crippen LogP contribution in [0.15, 0.2) is 109 Å². The van der Waals surface area contributed by atoms with Crippen LogP contribution in [-0.4, -0.2) is 10.8 Å². The monoisotopic (exact) mass is 408 g/mol. The molecule has 0 heterocycles. The lowest BCUT2D eigenvalue weighted by Crippen LogP contribution is -2.12. The Kier molecular flexibility index (Phi) is 5.85. The van der Waals surface area contributed by atoms with E-state index in [0.29, 0.717) is 11.3 Å². The highest BCUT2D eigenvalue weighted by Crippen LogP contribution is 2.32. The third-order valence-electron chi connectivity index (χ3n) is 5.11. The van der Waals surface area contributed by atoms with Gasteiger partial charge in [0.15, 0.2) is 0 Å². The minimum Gasteiger partial charge on any atom is -0.322 e. The Morgan fingerprint density at radius 3 is 1.65 bits per heavy atom. The molecule has 0 unspecified atom stereocenters. The number of non-ortho nitro benzene ring substituents is 1. The van der Waals surface area contributed by atoms with Gasteiger partial charge in [0.2, 0.25) is 0 Å². The van der Waals surface area contributed by atoms with Crippen LogP contribution in [-0.2, 0) is 0 Å². The summed E-state index contributed by atoms with van der Waals surface area (Å²) >= 11 is 0. The van der Waals surface area contributed by atoms with Crippen LogP contribution in [0.1, 0.15) is 33.0 Å². The highest BCUT2D eigenvalue weighted by atomic mass is 16.6. The summed E-state index contributed by atoms with van der Waals surface area (Å²) in [5.41, 5.74) is 4.47. The molecule has 1 N–H and O–H groups in total. The van der Waals surface area contributed by atoms with E-state index in [2.05, 4.69) is 29.6 Å². The molecule has 0 radical (unpaired) electrons. The smallest absolute Gasteiger partial charge is 0.269 e. The fraction of sp³-hybridized carbons (Fsp3) is 0.0385. The second-order valence-corrected chi connectivity index (χ2v) is 7.13. The Labute approximate surface area is 180 Å². The molecule has 5 heteroatoms. The highest BCUT2D eigenvalue weighted by Gasteiger charge is 2.16. The lowest BCUT2D eigenvalue weighted by Gasteiger charge is -2.19. The molecule has 0 aliphatic rings. The van der Waals surface area contributed by atoms with E-state index >= 15 is 0 Å². The molecular weight excluding hydrogens is 388 g/mol. The summed E-state index contributed by atoms with van der Waals surface area (Å²) < 4.78 is 0. The molecular formula is C26H20N2O3. The van der Waals surface area contributed by atoms with Crippen molar-refractivity contribution in [2.45, 2.75) is 5.92 Å². The molecule has 1 amide bonds. The van der Waals surface area contributed by atoms with Gasteiger partial charge < -0.3 is 5.32 Å². The molecule has 31 heavy (non-hydrogen) atoms.